The molecule has 1 unspecified atom stereocenters. The van der Waals surface area contributed by atoms with Crippen molar-refractivity contribution in [3.63, 3.8) is 0 Å². The SMILES string of the molecule is CSc1ccc(C)c(C(=O)NCC(CC(C)C)C(=O)O)c1. The molecule has 0 spiro atoms. The largest absolute Gasteiger partial charge is 0.481 e. The summed E-state index contributed by atoms with van der Waals surface area (Å²) < 4.78 is 0. The van der Waals surface area contributed by atoms with E-state index in [1.54, 1.807) is 11.8 Å². The summed E-state index contributed by atoms with van der Waals surface area (Å²) in [4.78, 5) is 24.4. The third-order valence-corrected chi connectivity index (χ3v) is 4.03. The van der Waals surface area contributed by atoms with E-state index in [2.05, 4.69) is 5.32 Å². The third-order valence-electron chi connectivity index (χ3n) is 3.30. The van der Waals surface area contributed by atoms with Crippen molar-refractivity contribution in [1.29, 1.82) is 0 Å². The summed E-state index contributed by atoms with van der Waals surface area (Å²) in [5.74, 6) is -1.33. The van der Waals surface area contributed by atoms with Gasteiger partial charge in [0.15, 0.2) is 0 Å². The van der Waals surface area contributed by atoms with E-state index in [-0.39, 0.29) is 18.4 Å². The molecule has 0 aromatic heterocycles. The molecule has 0 aliphatic carbocycles. The number of rotatable bonds is 7. The van der Waals surface area contributed by atoms with Crippen LogP contribution in [0.1, 0.15) is 36.2 Å². The number of benzene rings is 1. The molecule has 1 atom stereocenters. The lowest BCUT2D eigenvalue weighted by molar-refractivity contribution is -0.142. The highest BCUT2D eigenvalue weighted by Crippen LogP contribution is 2.19. The molecular weight excluding hydrogens is 286 g/mol. The van der Waals surface area contributed by atoms with Gasteiger partial charge in [-0.2, -0.15) is 0 Å². The second-order valence-corrected chi connectivity index (χ2v) is 6.44. The highest BCUT2D eigenvalue weighted by atomic mass is 32.2. The smallest absolute Gasteiger partial charge is 0.308 e. The van der Waals surface area contributed by atoms with Crippen LogP contribution in [0, 0.1) is 18.8 Å². The van der Waals surface area contributed by atoms with Crippen molar-refractivity contribution in [3.05, 3.63) is 29.3 Å². The number of aliphatic carboxylic acids is 1. The Balaban J connectivity index is 2.74. The maximum Gasteiger partial charge on any atom is 0.308 e. The van der Waals surface area contributed by atoms with Crippen molar-refractivity contribution >= 4 is 23.6 Å². The van der Waals surface area contributed by atoms with Crippen molar-refractivity contribution in [2.45, 2.75) is 32.1 Å². The van der Waals surface area contributed by atoms with Crippen LogP contribution in [0.3, 0.4) is 0 Å². The second-order valence-electron chi connectivity index (χ2n) is 5.56. The molecule has 0 saturated heterocycles. The lowest BCUT2D eigenvalue weighted by Crippen LogP contribution is -2.34. The fourth-order valence-corrected chi connectivity index (χ4v) is 2.56. The quantitative estimate of drug-likeness (QED) is 0.759. The number of amides is 1. The predicted molar refractivity (Wildman–Crippen MR) is 85.9 cm³/mol. The first-order chi connectivity index (χ1) is 9.85. The number of carboxylic acids is 1. The van der Waals surface area contributed by atoms with Gasteiger partial charge in [-0.3, -0.25) is 9.59 Å². The normalized spacial score (nSPS) is 12.2. The predicted octanol–water partition coefficient (Wildman–Crippen LogP) is 3.19. The molecule has 0 heterocycles. The van der Waals surface area contributed by atoms with E-state index in [0.717, 1.165) is 10.5 Å². The number of carbonyl (C=O) groups is 2. The minimum absolute atomic E-state index is 0.162. The number of nitrogens with one attached hydrogen (secondary N) is 1. The molecule has 0 bridgehead atoms. The zero-order valence-corrected chi connectivity index (χ0v) is 13.8. The van der Waals surface area contributed by atoms with Crippen molar-refractivity contribution < 1.29 is 14.7 Å². The van der Waals surface area contributed by atoms with Crippen molar-refractivity contribution in [2.24, 2.45) is 11.8 Å². The number of hydrogen-bond donors (Lipinski definition) is 2. The maximum absolute atomic E-state index is 12.2. The summed E-state index contributed by atoms with van der Waals surface area (Å²) in [6, 6.07) is 5.71. The Morgan fingerprint density at radius 1 is 1.33 bits per heavy atom. The Kier molecular flexibility index (Phi) is 6.75. The molecule has 1 rings (SSSR count). The van der Waals surface area contributed by atoms with Gasteiger partial charge in [0.1, 0.15) is 0 Å². The van der Waals surface area contributed by atoms with Crippen LogP contribution in [-0.4, -0.2) is 29.8 Å². The van der Waals surface area contributed by atoms with E-state index in [4.69, 9.17) is 0 Å². The van der Waals surface area contributed by atoms with Crippen LogP contribution in [0.5, 0.6) is 0 Å². The summed E-state index contributed by atoms with van der Waals surface area (Å²) in [5, 5.41) is 11.9. The van der Waals surface area contributed by atoms with Crippen molar-refractivity contribution in [1.82, 2.24) is 5.32 Å². The van der Waals surface area contributed by atoms with Crippen LogP contribution in [0.15, 0.2) is 23.1 Å². The first-order valence-corrected chi connectivity index (χ1v) is 8.23. The van der Waals surface area contributed by atoms with Crippen LogP contribution < -0.4 is 5.32 Å². The van der Waals surface area contributed by atoms with E-state index in [9.17, 15) is 14.7 Å². The first-order valence-electron chi connectivity index (χ1n) is 7.00. The highest BCUT2D eigenvalue weighted by Gasteiger charge is 2.20. The lowest BCUT2D eigenvalue weighted by Gasteiger charge is -2.16. The third kappa shape index (κ3) is 5.42. The van der Waals surface area contributed by atoms with Gasteiger partial charge >= 0.3 is 5.97 Å². The molecule has 1 aromatic rings. The number of thioether (sulfide) groups is 1. The molecule has 0 aliphatic heterocycles. The molecule has 0 saturated carbocycles. The average Bonchev–Trinajstić information content (AvgIpc) is 2.43. The Morgan fingerprint density at radius 2 is 2.00 bits per heavy atom. The molecule has 5 heteroatoms. The molecule has 0 radical (unpaired) electrons. The zero-order chi connectivity index (χ0) is 16.0. The van der Waals surface area contributed by atoms with Gasteiger partial charge in [-0.25, -0.2) is 0 Å². The first kappa shape index (κ1) is 17.6. The summed E-state index contributed by atoms with van der Waals surface area (Å²) in [7, 11) is 0. The summed E-state index contributed by atoms with van der Waals surface area (Å²) in [5.41, 5.74) is 1.50. The van der Waals surface area contributed by atoms with E-state index >= 15 is 0 Å². The Morgan fingerprint density at radius 3 is 2.52 bits per heavy atom. The number of aryl methyl sites for hydroxylation is 1. The van der Waals surface area contributed by atoms with Gasteiger partial charge in [0.05, 0.1) is 5.92 Å². The highest BCUT2D eigenvalue weighted by molar-refractivity contribution is 7.98. The standard InChI is InChI=1S/C16H23NO3S/c1-10(2)7-12(16(19)20)9-17-15(18)14-8-13(21-4)6-5-11(14)3/h5-6,8,10,12H,7,9H2,1-4H3,(H,17,18)(H,19,20). The molecule has 21 heavy (non-hydrogen) atoms. The van der Waals surface area contributed by atoms with E-state index in [1.165, 1.54) is 0 Å². The van der Waals surface area contributed by atoms with Crippen LogP contribution in [0.2, 0.25) is 0 Å². The molecule has 0 aliphatic rings. The fraction of sp³-hybridized carbons (Fsp3) is 0.500. The topological polar surface area (TPSA) is 66.4 Å². The molecule has 1 aromatic carbocycles. The number of carbonyl (C=O) groups excluding carboxylic acids is 1. The molecule has 1 amide bonds. The van der Waals surface area contributed by atoms with Gasteiger partial charge in [-0.05, 0) is 43.2 Å². The molecular formula is C16H23NO3S. The summed E-state index contributed by atoms with van der Waals surface area (Å²) in [6.07, 6.45) is 2.51. The monoisotopic (exact) mass is 309 g/mol. The number of hydrogen-bond acceptors (Lipinski definition) is 3. The Bertz CT molecular complexity index is 514. The van der Waals surface area contributed by atoms with E-state index in [1.807, 2.05) is 45.2 Å². The van der Waals surface area contributed by atoms with Crippen molar-refractivity contribution in [3.8, 4) is 0 Å². The van der Waals surface area contributed by atoms with Gasteiger partial charge in [-0.15, -0.1) is 11.8 Å². The van der Waals surface area contributed by atoms with Gasteiger partial charge in [0.25, 0.3) is 5.91 Å². The molecule has 4 nitrogen and oxygen atoms in total. The fourth-order valence-electron chi connectivity index (χ4n) is 2.12. The van der Waals surface area contributed by atoms with Crippen LogP contribution >= 0.6 is 11.8 Å². The summed E-state index contributed by atoms with van der Waals surface area (Å²) >= 11 is 1.57. The van der Waals surface area contributed by atoms with Gasteiger partial charge in [0, 0.05) is 17.0 Å². The molecule has 116 valence electrons. The summed E-state index contributed by atoms with van der Waals surface area (Å²) in [6.45, 7) is 5.99. The van der Waals surface area contributed by atoms with Crippen LogP contribution in [-0.2, 0) is 4.79 Å². The zero-order valence-electron chi connectivity index (χ0n) is 13.0. The molecule has 0 fully saturated rings. The molecule has 2 N–H and O–H groups in total. The maximum atomic E-state index is 12.2. The van der Waals surface area contributed by atoms with Gasteiger partial charge in [0.2, 0.25) is 0 Å². The van der Waals surface area contributed by atoms with Crippen LogP contribution in [0.25, 0.3) is 0 Å². The van der Waals surface area contributed by atoms with E-state index in [0.29, 0.717) is 12.0 Å². The van der Waals surface area contributed by atoms with E-state index < -0.39 is 11.9 Å². The average molecular weight is 309 g/mol. The Hall–Kier alpha value is -1.49. The van der Waals surface area contributed by atoms with Crippen LogP contribution in [0.4, 0.5) is 0 Å². The second kappa shape index (κ2) is 8.08. The lowest BCUT2D eigenvalue weighted by atomic mass is 9.97. The minimum atomic E-state index is -0.862. The Labute approximate surface area is 130 Å². The van der Waals surface area contributed by atoms with Gasteiger partial charge in [-0.1, -0.05) is 19.9 Å². The van der Waals surface area contributed by atoms with Gasteiger partial charge < -0.3 is 10.4 Å². The minimum Gasteiger partial charge on any atom is -0.481 e. The number of carboxylic acid groups (broad SMARTS) is 1. The van der Waals surface area contributed by atoms with Crippen molar-refractivity contribution in [2.75, 3.05) is 12.8 Å².